The molecular formula is C28H39N5O5. The van der Waals surface area contributed by atoms with Crippen molar-refractivity contribution >= 4 is 30.1 Å². The van der Waals surface area contributed by atoms with Crippen LogP contribution in [0.5, 0.6) is 5.75 Å². The van der Waals surface area contributed by atoms with E-state index in [9.17, 15) is 9.59 Å². The highest BCUT2D eigenvalue weighted by Gasteiger charge is 2.45. The molecule has 1 heterocycles. The highest BCUT2D eigenvalue weighted by Crippen LogP contribution is 2.37. The van der Waals surface area contributed by atoms with Crippen molar-refractivity contribution in [1.82, 2.24) is 4.90 Å². The monoisotopic (exact) mass is 525 g/mol. The van der Waals surface area contributed by atoms with Crippen LogP contribution >= 0.6 is 0 Å². The molecule has 1 aliphatic rings. The third kappa shape index (κ3) is 7.91. The van der Waals surface area contributed by atoms with Crippen molar-refractivity contribution in [3.05, 3.63) is 70.9 Å². The minimum Gasteiger partial charge on any atom is -0.484 e. The average molecular weight is 526 g/mol. The summed E-state index contributed by atoms with van der Waals surface area (Å²) in [5, 5.41) is 10.3. The summed E-state index contributed by atoms with van der Waals surface area (Å²) in [6, 6.07) is 14.9. The van der Waals surface area contributed by atoms with Crippen LogP contribution < -0.4 is 21.5 Å². The number of nitrogens with one attached hydrogen (secondary N) is 1. The summed E-state index contributed by atoms with van der Waals surface area (Å²) in [5.41, 5.74) is 15.0. The molecule has 0 spiro atoms. The first-order chi connectivity index (χ1) is 18.0. The number of aliphatic imine (C=N–C) groups is 1. The summed E-state index contributed by atoms with van der Waals surface area (Å²) < 4.78 is 5.37. The van der Waals surface area contributed by atoms with Crippen molar-refractivity contribution in [2.45, 2.75) is 40.3 Å². The molecule has 1 unspecified atom stereocenters. The molecular weight excluding hydrogens is 486 g/mol. The van der Waals surface area contributed by atoms with Gasteiger partial charge < -0.3 is 36.3 Å². The predicted molar refractivity (Wildman–Crippen MR) is 150 cm³/mol. The first kappa shape index (κ1) is 31.8. The number of anilines is 1. The minimum atomic E-state index is -0.545. The topological polar surface area (TPSA) is 160 Å². The SMILES string of the molecule is C=O.CN=C(Nc1ccc(OCC(N)=O)cc1C)C1=C(N)C(C(C)(C)C)N(Cc2ccccc2)C1=O.CO. The number of benzene rings is 2. The number of primary amides is 1. The van der Waals surface area contributed by atoms with Crippen molar-refractivity contribution in [1.29, 1.82) is 0 Å². The number of carbonyl (C=O) groups excluding carboxylic acids is 3. The lowest BCUT2D eigenvalue weighted by molar-refractivity contribution is -0.128. The number of hydrogen-bond acceptors (Lipinski definition) is 7. The van der Waals surface area contributed by atoms with E-state index in [1.165, 1.54) is 0 Å². The van der Waals surface area contributed by atoms with Crippen LogP contribution in [-0.2, 0) is 20.9 Å². The number of rotatable bonds is 7. The maximum atomic E-state index is 13.7. The molecule has 0 saturated carbocycles. The Morgan fingerprint density at radius 1 is 1.16 bits per heavy atom. The number of aliphatic hydroxyl groups is 1. The number of hydrogen-bond donors (Lipinski definition) is 4. The Bertz CT molecular complexity index is 1160. The molecule has 3 rings (SSSR count). The lowest BCUT2D eigenvalue weighted by Gasteiger charge is -2.36. The number of aliphatic hydroxyl groups excluding tert-OH is 1. The Morgan fingerprint density at radius 2 is 1.76 bits per heavy atom. The molecule has 0 saturated heterocycles. The number of nitrogens with two attached hydrogens (primary N) is 2. The second-order valence-corrected chi connectivity index (χ2v) is 9.45. The summed E-state index contributed by atoms with van der Waals surface area (Å²) in [4.78, 5) is 38.8. The van der Waals surface area contributed by atoms with E-state index >= 15 is 0 Å². The average Bonchev–Trinajstić information content (AvgIpc) is 3.14. The second kappa shape index (κ2) is 14.5. The fraction of sp³-hybridized carbons (Fsp3) is 0.357. The number of carbonyl (C=O) groups is 3. The quantitative estimate of drug-likeness (QED) is 0.319. The molecule has 38 heavy (non-hydrogen) atoms. The molecule has 10 nitrogen and oxygen atoms in total. The molecule has 2 aromatic rings. The van der Waals surface area contributed by atoms with E-state index in [0.717, 1.165) is 23.9 Å². The molecule has 2 aromatic carbocycles. The second-order valence-electron chi connectivity index (χ2n) is 9.45. The molecule has 6 N–H and O–H groups in total. The van der Waals surface area contributed by atoms with Crippen molar-refractivity contribution < 1.29 is 24.2 Å². The molecule has 2 amide bonds. The molecule has 0 aromatic heterocycles. The first-order valence-corrected chi connectivity index (χ1v) is 11.9. The van der Waals surface area contributed by atoms with Crippen LogP contribution in [0.1, 0.15) is 31.9 Å². The Labute approximate surface area is 224 Å². The van der Waals surface area contributed by atoms with Gasteiger partial charge in [-0.25, -0.2) is 0 Å². The predicted octanol–water partition coefficient (Wildman–Crippen LogP) is 2.39. The van der Waals surface area contributed by atoms with E-state index in [1.807, 2.05) is 48.9 Å². The normalized spacial score (nSPS) is 15.2. The maximum absolute atomic E-state index is 13.7. The lowest BCUT2D eigenvalue weighted by atomic mass is 9.84. The van der Waals surface area contributed by atoms with Crippen LogP contribution in [0.25, 0.3) is 0 Å². The Kier molecular flexibility index (Phi) is 12.2. The third-order valence-electron chi connectivity index (χ3n) is 5.68. The van der Waals surface area contributed by atoms with E-state index in [-0.39, 0.29) is 24.0 Å². The van der Waals surface area contributed by atoms with Gasteiger partial charge in [0, 0.05) is 32.1 Å². The molecule has 206 valence electrons. The van der Waals surface area contributed by atoms with Crippen LogP contribution in [0.15, 0.2) is 64.8 Å². The van der Waals surface area contributed by atoms with Crippen LogP contribution in [0, 0.1) is 12.3 Å². The van der Waals surface area contributed by atoms with Gasteiger partial charge in [-0.05, 0) is 41.7 Å². The fourth-order valence-corrected chi connectivity index (χ4v) is 4.18. The van der Waals surface area contributed by atoms with Crippen molar-refractivity contribution in [2.24, 2.45) is 21.9 Å². The van der Waals surface area contributed by atoms with E-state index < -0.39 is 5.91 Å². The largest absolute Gasteiger partial charge is 0.484 e. The molecule has 0 bridgehead atoms. The van der Waals surface area contributed by atoms with Gasteiger partial charge in [-0.2, -0.15) is 0 Å². The summed E-state index contributed by atoms with van der Waals surface area (Å²) in [6.07, 6.45) is 0. The third-order valence-corrected chi connectivity index (χ3v) is 5.68. The smallest absolute Gasteiger partial charge is 0.260 e. The van der Waals surface area contributed by atoms with Gasteiger partial charge in [-0.3, -0.25) is 14.6 Å². The summed E-state index contributed by atoms with van der Waals surface area (Å²) in [6.45, 7) is 10.4. The Balaban J connectivity index is 0.00000172. The van der Waals surface area contributed by atoms with E-state index in [0.29, 0.717) is 29.4 Å². The molecule has 0 fully saturated rings. The van der Waals surface area contributed by atoms with E-state index in [1.54, 1.807) is 25.2 Å². The maximum Gasteiger partial charge on any atom is 0.260 e. The van der Waals surface area contributed by atoms with Crippen molar-refractivity contribution in [3.63, 3.8) is 0 Å². The number of aryl methyl sites for hydroxylation is 1. The van der Waals surface area contributed by atoms with Gasteiger partial charge in [0.15, 0.2) is 6.61 Å². The zero-order valence-corrected chi connectivity index (χ0v) is 22.9. The van der Waals surface area contributed by atoms with Crippen LogP contribution in [0.2, 0.25) is 0 Å². The summed E-state index contributed by atoms with van der Waals surface area (Å²) in [5.74, 6) is 0.222. The number of amides is 2. The molecule has 1 aliphatic heterocycles. The Morgan fingerprint density at radius 3 is 2.26 bits per heavy atom. The van der Waals surface area contributed by atoms with Gasteiger partial charge in [0.05, 0.1) is 6.04 Å². The molecule has 0 radical (unpaired) electrons. The standard InChI is InChI=1S/C26H33N5O3.CH4O.CH2O/c1-16-13-18(34-15-20(27)32)11-12-19(16)30-24(29-5)21-22(28)23(26(2,3)4)31(25(21)33)14-17-9-7-6-8-10-17;2*1-2/h6-13,23H,14-15,28H2,1-5H3,(H2,27,32)(H,29,30);2H,1H3;1H2. The van der Waals surface area contributed by atoms with E-state index in [2.05, 4.69) is 31.1 Å². The zero-order valence-electron chi connectivity index (χ0n) is 22.9. The highest BCUT2D eigenvalue weighted by atomic mass is 16.5. The minimum absolute atomic E-state index is 0.159. The Hall–Kier alpha value is -4.18. The fourth-order valence-electron chi connectivity index (χ4n) is 4.18. The van der Waals surface area contributed by atoms with E-state index in [4.69, 9.17) is 26.1 Å². The van der Waals surface area contributed by atoms with Crippen LogP contribution in [0.4, 0.5) is 5.69 Å². The number of nitrogens with zero attached hydrogens (tertiary/aromatic N) is 2. The summed E-state index contributed by atoms with van der Waals surface area (Å²) >= 11 is 0. The molecule has 1 atom stereocenters. The van der Waals surface area contributed by atoms with Gasteiger partial charge >= 0.3 is 0 Å². The highest BCUT2D eigenvalue weighted by molar-refractivity contribution is 6.27. The summed E-state index contributed by atoms with van der Waals surface area (Å²) in [7, 11) is 2.63. The van der Waals surface area contributed by atoms with Gasteiger partial charge in [-0.15, -0.1) is 0 Å². The first-order valence-electron chi connectivity index (χ1n) is 11.9. The van der Waals surface area contributed by atoms with Gasteiger partial charge in [0.1, 0.15) is 23.9 Å². The van der Waals surface area contributed by atoms with Gasteiger partial charge in [-0.1, -0.05) is 51.1 Å². The van der Waals surface area contributed by atoms with Crippen molar-refractivity contribution in [3.8, 4) is 5.75 Å². The molecule has 0 aliphatic carbocycles. The van der Waals surface area contributed by atoms with Gasteiger partial charge in [0.25, 0.3) is 11.8 Å². The van der Waals surface area contributed by atoms with Crippen molar-refractivity contribution in [2.75, 3.05) is 26.1 Å². The lowest BCUT2D eigenvalue weighted by Crippen LogP contribution is -2.44. The number of ether oxygens (including phenoxy) is 1. The molecule has 10 heteroatoms. The van der Waals surface area contributed by atoms with Crippen LogP contribution in [0.3, 0.4) is 0 Å². The number of amidine groups is 1. The van der Waals surface area contributed by atoms with Crippen LogP contribution in [-0.4, -0.2) is 61.3 Å². The van der Waals surface area contributed by atoms with Gasteiger partial charge in [0.2, 0.25) is 0 Å². The zero-order chi connectivity index (χ0) is 29.0.